The fraction of sp³-hybridized carbons (Fsp3) is 0.333. The van der Waals surface area contributed by atoms with E-state index in [0.717, 1.165) is 10.6 Å². The molecule has 1 N–H and O–H groups in total. The van der Waals surface area contributed by atoms with Crippen molar-refractivity contribution < 1.29 is 9.59 Å². The van der Waals surface area contributed by atoms with Crippen LogP contribution in [-0.2, 0) is 9.59 Å². The number of benzene rings is 1. The van der Waals surface area contributed by atoms with Gasteiger partial charge in [0.1, 0.15) is 0 Å². The van der Waals surface area contributed by atoms with Crippen molar-refractivity contribution in [3.63, 3.8) is 0 Å². The number of thioether (sulfide) groups is 1. The molecule has 1 aromatic rings. The predicted molar refractivity (Wildman–Crippen MR) is 95.4 cm³/mol. The molecule has 0 unspecified atom stereocenters. The molecule has 0 saturated heterocycles. The minimum Gasteiger partial charge on any atom is -0.350 e. The van der Waals surface area contributed by atoms with E-state index in [-0.39, 0.29) is 17.9 Å². The maximum Gasteiger partial charge on any atom is 0.265 e. The van der Waals surface area contributed by atoms with Gasteiger partial charge in [0, 0.05) is 23.6 Å². The minimum absolute atomic E-state index is 0.0552. The van der Waals surface area contributed by atoms with Crippen molar-refractivity contribution in [2.45, 2.75) is 31.7 Å². The summed E-state index contributed by atoms with van der Waals surface area (Å²) in [5.74, 6) is -0.0639. The first-order valence-electron chi connectivity index (χ1n) is 7.66. The van der Waals surface area contributed by atoms with Gasteiger partial charge in [-0.1, -0.05) is 43.8 Å². The zero-order chi connectivity index (χ0) is 17.0. The van der Waals surface area contributed by atoms with Gasteiger partial charge in [0.25, 0.3) is 5.91 Å². The Kier molecular flexibility index (Phi) is 5.66. The molecule has 0 radical (unpaired) electrons. The van der Waals surface area contributed by atoms with Crippen LogP contribution < -0.4 is 10.2 Å². The number of rotatable bonds is 5. The van der Waals surface area contributed by atoms with E-state index in [4.69, 9.17) is 0 Å². The molecule has 2 amide bonds. The van der Waals surface area contributed by atoms with Crippen LogP contribution in [0.3, 0.4) is 0 Å². The van der Waals surface area contributed by atoms with Crippen molar-refractivity contribution in [2.24, 2.45) is 5.92 Å². The number of anilines is 1. The lowest BCUT2D eigenvalue weighted by Crippen LogP contribution is -2.37. The summed E-state index contributed by atoms with van der Waals surface area (Å²) >= 11 is 1.33. The van der Waals surface area contributed by atoms with Gasteiger partial charge in [-0.2, -0.15) is 0 Å². The van der Waals surface area contributed by atoms with Gasteiger partial charge in [0.05, 0.1) is 10.6 Å². The summed E-state index contributed by atoms with van der Waals surface area (Å²) in [5.41, 5.74) is 0.857. The number of nitrogens with zero attached hydrogens (tertiary/aromatic N) is 1. The van der Waals surface area contributed by atoms with Gasteiger partial charge in [-0.3, -0.25) is 9.59 Å². The van der Waals surface area contributed by atoms with Crippen LogP contribution in [-0.4, -0.2) is 24.4 Å². The number of amides is 2. The molecule has 0 bridgehead atoms. The van der Waals surface area contributed by atoms with Crippen molar-refractivity contribution in [3.8, 4) is 0 Å². The van der Waals surface area contributed by atoms with Crippen LogP contribution in [0.25, 0.3) is 0 Å². The van der Waals surface area contributed by atoms with Crippen LogP contribution in [0.15, 0.2) is 52.8 Å². The van der Waals surface area contributed by atoms with Gasteiger partial charge >= 0.3 is 0 Å². The lowest BCUT2D eigenvalue weighted by molar-refractivity contribution is -0.118. The van der Waals surface area contributed by atoms with Gasteiger partial charge in [0.15, 0.2) is 0 Å². The third kappa shape index (κ3) is 4.05. The van der Waals surface area contributed by atoms with Crippen molar-refractivity contribution in [2.75, 3.05) is 11.4 Å². The number of para-hydroxylation sites is 1. The molecule has 4 nitrogen and oxygen atoms in total. The second kappa shape index (κ2) is 7.51. The van der Waals surface area contributed by atoms with E-state index in [1.807, 2.05) is 45.0 Å². The van der Waals surface area contributed by atoms with Crippen molar-refractivity contribution >= 4 is 29.3 Å². The molecule has 0 saturated carbocycles. The number of fused-ring (bicyclic) bond motifs is 1. The third-order valence-corrected chi connectivity index (χ3v) is 4.85. The Morgan fingerprint density at radius 1 is 1.35 bits per heavy atom. The molecule has 1 heterocycles. The highest BCUT2D eigenvalue weighted by Gasteiger charge is 2.28. The largest absolute Gasteiger partial charge is 0.350 e. The van der Waals surface area contributed by atoms with Crippen molar-refractivity contribution in [3.05, 3.63) is 47.9 Å². The zero-order valence-electron chi connectivity index (χ0n) is 13.7. The van der Waals surface area contributed by atoms with E-state index in [1.54, 1.807) is 11.0 Å². The summed E-state index contributed by atoms with van der Waals surface area (Å²) in [6.45, 7) is 10.2. The van der Waals surface area contributed by atoms with E-state index in [0.29, 0.717) is 17.4 Å². The first-order chi connectivity index (χ1) is 10.9. The summed E-state index contributed by atoms with van der Waals surface area (Å²) in [6.07, 6.45) is 3.08. The second-order valence-electron chi connectivity index (χ2n) is 5.82. The monoisotopic (exact) mass is 330 g/mol. The summed E-state index contributed by atoms with van der Waals surface area (Å²) in [7, 11) is 0. The molecular formula is C18H22N2O2S. The second-order valence-corrected chi connectivity index (χ2v) is 6.91. The Balaban J connectivity index is 2.27. The standard InChI is InChI=1S/C18H22N2O2S/c1-5-10-20-14-8-6-7-9-15(14)23-16(18(20)22)11-17(21)19-13(4)12(2)3/h5-9,11-13H,1,10H2,2-4H3,(H,19,21)/b16-11+/t13-/m0/s1. The zero-order valence-corrected chi connectivity index (χ0v) is 14.5. The van der Waals surface area contributed by atoms with E-state index in [2.05, 4.69) is 11.9 Å². The first kappa shape index (κ1) is 17.3. The predicted octanol–water partition coefficient (Wildman–Crippen LogP) is 3.36. The van der Waals surface area contributed by atoms with Gasteiger partial charge in [0.2, 0.25) is 5.91 Å². The maximum atomic E-state index is 12.6. The number of hydrogen-bond donors (Lipinski definition) is 1. The number of hydrogen-bond acceptors (Lipinski definition) is 3. The lowest BCUT2D eigenvalue weighted by atomic mass is 10.1. The van der Waals surface area contributed by atoms with E-state index in [1.165, 1.54) is 17.8 Å². The molecule has 2 rings (SSSR count). The molecule has 1 aliphatic rings. The fourth-order valence-corrected chi connectivity index (χ4v) is 3.15. The van der Waals surface area contributed by atoms with E-state index in [9.17, 15) is 9.59 Å². The van der Waals surface area contributed by atoms with Gasteiger partial charge in [-0.05, 0) is 25.0 Å². The molecule has 1 atom stereocenters. The molecular weight excluding hydrogens is 308 g/mol. The topological polar surface area (TPSA) is 49.4 Å². The Labute approximate surface area is 141 Å². The molecule has 0 aliphatic carbocycles. The quantitative estimate of drug-likeness (QED) is 0.665. The average Bonchev–Trinajstić information content (AvgIpc) is 2.51. The number of carbonyl (C=O) groups is 2. The van der Waals surface area contributed by atoms with Crippen LogP contribution in [0.2, 0.25) is 0 Å². The Bertz CT molecular complexity index is 652. The molecule has 0 fully saturated rings. The molecule has 23 heavy (non-hydrogen) atoms. The first-order valence-corrected chi connectivity index (χ1v) is 8.47. The average molecular weight is 330 g/mol. The van der Waals surface area contributed by atoms with Crippen LogP contribution in [0.1, 0.15) is 20.8 Å². The number of nitrogens with one attached hydrogen (secondary N) is 1. The van der Waals surface area contributed by atoms with Crippen molar-refractivity contribution in [1.82, 2.24) is 5.32 Å². The van der Waals surface area contributed by atoms with Crippen molar-refractivity contribution in [1.29, 1.82) is 0 Å². The normalized spacial score (nSPS) is 17.1. The molecule has 5 heteroatoms. The molecule has 1 aliphatic heterocycles. The maximum absolute atomic E-state index is 12.6. The fourth-order valence-electron chi connectivity index (χ4n) is 2.12. The van der Waals surface area contributed by atoms with Gasteiger partial charge in [-0.15, -0.1) is 6.58 Å². The SMILES string of the molecule is C=CCN1C(=O)/C(=C\C(=O)N[C@@H](C)C(C)C)Sc2ccccc21. The van der Waals surface area contributed by atoms with E-state index < -0.39 is 0 Å². The smallest absolute Gasteiger partial charge is 0.265 e. The third-order valence-electron chi connectivity index (χ3n) is 3.78. The highest BCUT2D eigenvalue weighted by molar-refractivity contribution is 8.04. The van der Waals surface area contributed by atoms with Crippen LogP contribution in [0.5, 0.6) is 0 Å². The Morgan fingerprint density at radius 2 is 2.04 bits per heavy atom. The molecule has 0 spiro atoms. The van der Waals surface area contributed by atoms with Crippen LogP contribution in [0, 0.1) is 5.92 Å². The summed E-state index contributed by atoms with van der Waals surface area (Å²) in [6, 6.07) is 7.73. The number of carbonyl (C=O) groups excluding carboxylic acids is 2. The Hall–Kier alpha value is -2.01. The lowest BCUT2D eigenvalue weighted by Gasteiger charge is -2.29. The minimum atomic E-state index is -0.236. The summed E-state index contributed by atoms with van der Waals surface area (Å²) < 4.78 is 0. The van der Waals surface area contributed by atoms with Crippen LogP contribution >= 0.6 is 11.8 Å². The van der Waals surface area contributed by atoms with Gasteiger partial charge < -0.3 is 10.2 Å². The Morgan fingerprint density at radius 3 is 2.70 bits per heavy atom. The van der Waals surface area contributed by atoms with Gasteiger partial charge in [-0.25, -0.2) is 0 Å². The summed E-state index contributed by atoms with van der Waals surface area (Å²) in [4.78, 5) is 27.8. The molecule has 0 aromatic heterocycles. The molecule has 122 valence electrons. The highest BCUT2D eigenvalue weighted by Crippen LogP contribution is 2.41. The van der Waals surface area contributed by atoms with E-state index >= 15 is 0 Å². The molecule has 1 aromatic carbocycles. The summed E-state index contributed by atoms with van der Waals surface area (Å²) in [5, 5.41) is 2.90. The van der Waals surface area contributed by atoms with Crippen LogP contribution in [0.4, 0.5) is 5.69 Å². The highest BCUT2D eigenvalue weighted by atomic mass is 32.2.